The molecule has 0 fully saturated rings. The molecule has 7 heteroatoms. The van der Waals surface area contributed by atoms with Crippen molar-refractivity contribution in [3.05, 3.63) is 48.0 Å². The number of hydrogen-bond acceptors (Lipinski definition) is 3. The Balaban J connectivity index is 2.01. The number of nitrogens with one attached hydrogen (secondary N) is 1. The molecule has 0 aliphatic carbocycles. The van der Waals surface area contributed by atoms with E-state index in [9.17, 15) is 18.0 Å². The summed E-state index contributed by atoms with van der Waals surface area (Å²) in [5, 5.41) is 2.61. The van der Waals surface area contributed by atoms with Crippen molar-refractivity contribution in [1.82, 2.24) is 4.98 Å². The molecule has 23 heavy (non-hydrogen) atoms. The molecule has 0 radical (unpaired) electrons. The minimum atomic E-state index is -4.92. The van der Waals surface area contributed by atoms with Crippen molar-refractivity contribution in [3.63, 3.8) is 0 Å². The largest absolute Gasteiger partial charge is 0.471 e. The molecule has 0 aliphatic rings. The summed E-state index contributed by atoms with van der Waals surface area (Å²) >= 11 is 1.45. The van der Waals surface area contributed by atoms with Gasteiger partial charge in [-0.1, -0.05) is 24.3 Å². The van der Waals surface area contributed by atoms with Gasteiger partial charge in [0.1, 0.15) is 5.01 Å². The van der Waals surface area contributed by atoms with Gasteiger partial charge in [0.15, 0.2) is 0 Å². The van der Waals surface area contributed by atoms with Crippen LogP contribution >= 0.6 is 11.3 Å². The first kappa shape index (κ1) is 15.5. The Morgan fingerprint density at radius 1 is 1.13 bits per heavy atom. The Bertz CT molecular complexity index is 853. The highest BCUT2D eigenvalue weighted by Gasteiger charge is 2.38. The van der Waals surface area contributed by atoms with Crippen LogP contribution in [0.15, 0.2) is 42.5 Å². The number of para-hydroxylation sites is 1. The summed E-state index contributed by atoms with van der Waals surface area (Å²) in [6.45, 7) is 1.66. The third-order valence-electron chi connectivity index (χ3n) is 3.36. The van der Waals surface area contributed by atoms with Crippen LogP contribution in [0.2, 0.25) is 0 Å². The van der Waals surface area contributed by atoms with Gasteiger partial charge in [-0.25, -0.2) is 4.98 Å². The Morgan fingerprint density at radius 3 is 2.57 bits per heavy atom. The molecule has 1 N–H and O–H groups in total. The Kier molecular flexibility index (Phi) is 3.81. The van der Waals surface area contributed by atoms with Crippen LogP contribution in [-0.2, 0) is 4.79 Å². The molecule has 0 saturated heterocycles. The summed E-state index contributed by atoms with van der Waals surface area (Å²) in [5.41, 5.74) is 2.20. The van der Waals surface area contributed by atoms with E-state index in [0.29, 0.717) is 16.1 Å². The number of amides is 1. The van der Waals surface area contributed by atoms with E-state index in [1.54, 1.807) is 19.1 Å². The lowest BCUT2D eigenvalue weighted by Crippen LogP contribution is -2.30. The molecule has 2 aromatic carbocycles. The van der Waals surface area contributed by atoms with Crippen LogP contribution < -0.4 is 5.32 Å². The fourth-order valence-electron chi connectivity index (χ4n) is 2.18. The smallest absolute Gasteiger partial charge is 0.318 e. The first-order valence-corrected chi connectivity index (χ1v) is 7.51. The zero-order valence-electron chi connectivity index (χ0n) is 11.9. The minimum absolute atomic E-state index is 0.129. The van der Waals surface area contributed by atoms with Crippen LogP contribution in [-0.4, -0.2) is 17.1 Å². The molecule has 0 aliphatic heterocycles. The highest BCUT2D eigenvalue weighted by molar-refractivity contribution is 7.21. The van der Waals surface area contributed by atoms with Crippen molar-refractivity contribution >= 4 is 33.1 Å². The lowest BCUT2D eigenvalue weighted by Gasteiger charge is -2.12. The molecule has 1 heterocycles. The lowest BCUT2D eigenvalue weighted by molar-refractivity contribution is -0.167. The number of anilines is 1. The Hall–Kier alpha value is -2.41. The molecule has 0 saturated carbocycles. The van der Waals surface area contributed by atoms with Gasteiger partial charge in [-0.15, -0.1) is 11.3 Å². The monoisotopic (exact) mass is 336 g/mol. The van der Waals surface area contributed by atoms with Gasteiger partial charge in [0, 0.05) is 11.3 Å². The number of halogens is 3. The van der Waals surface area contributed by atoms with Crippen molar-refractivity contribution in [2.45, 2.75) is 13.1 Å². The number of aromatic nitrogens is 1. The molecule has 3 nitrogen and oxygen atoms in total. The SMILES string of the molecule is Cc1c(NC(=O)C(F)(F)F)cccc1-c1nc2ccccc2s1. The highest BCUT2D eigenvalue weighted by Crippen LogP contribution is 2.34. The molecule has 0 spiro atoms. The Morgan fingerprint density at radius 2 is 1.87 bits per heavy atom. The topological polar surface area (TPSA) is 42.0 Å². The second kappa shape index (κ2) is 5.66. The number of hydrogen-bond donors (Lipinski definition) is 1. The first-order chi connectivity index (χ1) is 10.9. The number of carbonyl (C=O) groups excluding carboxylic acids is 1. The maximum absolute atomic E-state index is 12.4. The van der Waals surface area contributed by atoms with Gasteiger partial charge >= 0.3 is 12.1 Å². The lowest BCUT2D eigenvalue weighted by atomic mass is 10.1. The fourth-order valence-corrected chi connectivity index (χ4v) is 3.23. The summed E-state index contributed by atoms with van der Waals surface area (Å²) < 4.78 is 38.2. The molecule has 1 amide bonds. The van der Waals surface area contributed by atoms with Gasteiger partial charge in [0.05, 0.1) is 10.2 Å². The minimum Gasteiger partial charge on any atom is -0.318 e. The number of carbonyl (C=O) groups is 1. The summed E-state index contributed by atoms with van der Waals surface area (Å²) in [6.07, 6.45) is -4.92. The maximum Gasteiger partial charge on any atom is 0.471 e. The average molecular weight is 336 g/mol. The van der Waals surface area contributed by atoms with E-state index in [2.05, 4.69) is 4.98 Å². The first-order valence-electron chi connectivity index (χ1n) is 6.70. The normalized spacial score (nSPS) is 11.7. The quantitative estimate of drug-likeness (QED) is 0.732. The highest BCUT2D eigenvalue weighted by atomic mass is 32.1. The summed E-state index contributed by atoms with van der Waals surface area (Å²) in [6, 6.07) is 12.4. The third-order valence-corrected chi connectivity index (χ3v) is 4.43. The number of fused-ring (bicyclic) bond motifs is 1. The van der Waals surface area contributed by atoms with E-state index >= 15 is 0 Å². The van der Waals surface area contributed by atoms with E-state index in [1.165, 1.54) is 17.4 Å². The zero-order valence-corrected chi connectivity index (χ0v) is 12.8. The number of rotatable bonds is 2. The van der Waals surface area contributed by atoms with Crippen LogP contribution in [0.3, 0.4) is 0 Å². The van der Waals surface area contributed by atoms with Crippen LogP contribution in [0.25, 0.3) is 20.8 Å². The molecule has 1 aromatic heterocycles. The van der Waals surface area contributed by atoms with Gasteiger partial charge in [-0.3, -0.25) is 4.79 Å². The molecular formula is C16H11F3N2OS. The molecular weight excluding hydrogens is 325 g/mol. The van der Waals surface area contributed by atoms with Gasteiger partial charge in [0.2, 0.25) is 0 Å². The van der Waals surface area contributed by atoms with Crippen molar-refractivity contribution in [3.8, 4) is 10.6 Å². The van der Waals surface area contributed by atoms with Crippen molar-refractivity contribution in [1.29, 1.82) is 0 Å². The van der Waals surface area contributed by atoms with Gasteiger partial charge in [-0.05, 0) is 30.7 Å². The van der Waals surface area contributed by atoms with Gasteiger partial charge < -0.3 is 5.32 Å². The van der Waals surface area contributed by atoms with Crippen LogP contribution in [0, 0.1) is 6.92 Å². The summed E-state index contributed by atoms with van der Waals surface area (Å²) in [4.78, 5) is 15.6. The van der Waals surface area contributed by atoms with Crippen LogP contribution in [0.1, 0.15) is 5.56 Å². The summed E-state index contributed by atoms with van der Waals surface area (Å²) in [5.74, 6) is -1.98. The fraction of sp³-hybridized carbons (Fsp3) is 0.125. The second-order valence-electron chi connectivity index (χ2n) is 4.92. The summed E-state index contributed by atoms with van der Waals surface area (Å²) in [7, 11) is 0. The van der Waals surface area contributed by atoms with Crippen molar-refractivity contribution < 1.29 is 18.0 Å². The third kappa shape index (κ3) is 3.05. The molecule has 3 aromatic rings. The predicted octanol–water partition coefficient (Wildman–Crippen LogP) is 4.77. The van der Waals surface area contributed by atoms with Gasteiger partial charge in [-0.2, -0.15) is 13.2 Å². The number of nitrogens with zero attached hydrogens (tertiary/aromatic N) is 1. The van der Waals surface area contributed by atoms with Crippen molar-refractivity contribution in [2.75, 3.05) is 5.32 Å². The van der Waals surface area contributed by atoms with E-state index in [1.807, 2.05) is 29.6 Å². The number of thiazole rings is 1. The zero-order chi connectivity index (χ0) is 16.6. The predicted molar refractivity (Wildman–Crippen MR) is 84.5 cm³/mol. The van der Waals surface area contributed by atoms with E-state index in [0.717, 1.165) is 10.2 Å². The number of alkyl halides is 3. The van der Waals surface area contributed by atoms with Crippen LogP contribution in [0.4, 0.5) is 18.9 Å². The van der Waals surface area contributed by atoms with E-state index in [4.69, 9.17) is 0 Å². The molecule has 118 valence electrons. The van der Waals surface area contributed by atoms with Crippen molar-refractivity contribution in [2.24, 2.45) is 0 Å². The molecule has 0 bridgehead atoms. The molecule has 0 atom stereocenters. The maximum atomic E-state index is 12.4. The standard InChI is InChI=1S/C16H11F3N2OS/c1-9-10(14-20-12-6-2-3-8-13(12)23-14)5-4-7-11(9)21-15(22)16(17,18)19/h2-8H,1H3,(H,21,22). The van der Waals surface area contributed by atoms with E-state index < -0.39 is 12.1 Å². The average Bonchev–Trinajstić information content (AvgIpc) is 2.92. The number of benzene rings is 2. The Labute approximate surface area is 133 Å². The van der Waals surface area contributed by atoms with Gasteiger partial charge in [0.25, 0.3) is 0 Å². The van der Waals surface area contributed by atoms with Crippen LogP contribution in [0.5, 0.6) is 0 Å². The van der Waals surface area contributed by atoms with E-state index in [-0.39, 0.29) is 5.69 Å². The molecule has 3 rings (SSSR count). The second-order valence-corrected chi connectivity index (χ2v) is 5.95. The molecule has 0 unspecified atom stereocenters.